The minimum absolute atomic E-state index is 0.0565. The molecule has 35 heavy (non-hydrogen) atoms. The summed E-state index contributed by atoms with van der Waals surface area (Å²) in [4.78, 5) is 38.2. The largest absolute Gasteiger partial charge is 0.445 e. The second-order valence-corrected chi connectivity index (χ2v) is 9.40. The van der Waals surface area contributed by atoms with Gasteiger partial charge >= 0.3 is 6.09 Å². The molecule has 1 aromatic heterocycles. The predicted molar refractivity (Wildman–Crippen MR) is 139 cm³/mol. The molecule has 0 bridgehead atoms. The molecule has 0 fully saturated rings. The number of hydrogen-bond donors (Lipinski definition) is 2. The molecule has 3 rings (SSSR count). The Morgan fingerprint density at radius 2 is 1.63 bits per heavy atom. The molecule has 0 aliphatic carbocycles. The summed E-state index contributed by atoms with van der Waals surface area (Å²) in [5.74, 6) is -0.0951. The molecule has 7 heteroatoms. The van der Waals surface area contributed by atoms with Gasteiger partial charge in [0, 0.05) is 13.0 Å². The average Bonchev–Trinajstić information content (AvgIpc) is 3.42. The van der Waals surface area contributed by atoms with Crippen molar-refractivity contribution in [3.8, 4) is 0 Å². The van der Waals surface area contributed by atoms with Crippen LogP contribution in [0.25, 0.3) is 0 Å². The normalized spacial score (nSPS) is 12.4. The molecule has 0 saturated heterocycles. The van der Waals surface area contributed by atoms with Crippen molar-refractivity contribution in [3.63, 3.8) is 0 Å². The van der Waals surface area contributed by atoms with Crippen molar-refractivity contribution in [2.24, 2.45) is 0 Å². The lowest BCUT2D eigenvalue weighted by Gasteiger charge is -2.21. The van der Waals surface area contributed by atoms with Gasteiger partial charge in [-0.1, -0.05) is 73.7 Å². The van der Waals surface area contributed by atoms with Crippen LogP contribution in [0.3, 0.4) is 0 Å². The Labute approximate surface area is 210 Å². The van der Waals surface area contributed by atoms with Crippen molar-refractivity contribution < 1.29 is 19.1 Å². The molecule has 2 atom stereocenters. The molecular formula is C28H32N2O4S. The van der Waals surface area contributed by atoms with Gasteiger partial charge in [0.15, 0.2) is 5.78 Å². The summed E-state index contributed by atoms with van der Waals surface area (Å²) in [6.07, 6.45) is 1.57. The summed E-state index contributed by atoms with van der Waals surface area (Å²) < 4.78 is 5.18. The molecule has 2 amide bonds. The van der Waals surface area contributed by atoms with E-state index >= 15 is 0 Å². The number of unbranched alkanes of at least 4 members (excludes halogenated alkanes) is 1. The molecule has 0 radical (unpaired) electrons. The monoisotopic (exact) mass is 492 g/mol. The number of carbonyl (C=O) groups is 3. The predicted octanol–water partition coefficient (Wildman–Crippen LogP) is 5.71. The second kappa shape index (κ2) is 14.1. The van der Waals surface area contributed by atoms with Gasteiger partial charge < -0.3 is 15.4 Å². The van der Waals surface area contributed by atoms with Gasteiger partial charge in [-0.15, -0.1) is 11.3 Å². The molecule has 184 valence electrons. The van der Waals surface area contributed by atoms with Crippen molar-refractivity contribution in [1.29, 1.82) is 0 Å². The van der Waals surface area contributed by atoms with Crippen molar-refractivity contribution >= 4 is 29.1 Å². The molecule has 2 N–H and O–H groups in total. The molecule has 0 spiro atoms. The summed E-state index contributed by atoms with van der Waals surface area (Å²) >= 11 is 1.39. The molecule has 0 aliphatic rings. The number of ketones is 1. The van der Waals surface area contributed by atoms with E-state index in [4.69, 9.17) is 4.74 Å². The summed E-state index contributed by atoms with van der Waals surface area (Å²) in [7, 11) is 0. The number of nitrogens with one attached hydrogen (secondary N) is 2. The lowest BCUT2D eigenvalue weighted by molar-refractivity contribution is -0.121. The fourth-order valence-electron chi connectivity index (χ4n) is 3.73. The van der Waals surface area contributed by atoms with E-state index in [0.717, 1.165) is 11.1 Å². The minimum atomic E-state index is -0.581. The Morgan fingerprint density at radius 1 is 0.914 bits per heavy atom. The molecule has 1 unspecified atom stereocenters. The maximum Gasteiger partial charge on any atom is 0.407 e. The zero-order valence-electron chi connectivity index (χ0n) is 19.9. The highest BCUT2D eigenvalue weighted by Crippen LogP contribution is 2.23. The first-order valence-corrected chi connectivity index (χ1v) is 12.8. The van der Waals surface area contributed by atoms with Crippen LogP contribution in [0.2, 0.25) is 0 Å². The van der Waals surface area contributed by atoms with Gasteiger partial charge in [0.05, 0.1) is 10.9 Å². The maximum absolute atomic E-state index is 13.1. The fourth-order valence-corrected chi connectivity index (χ4v) is 4.45. The van der Waals surface area contributed by atoms with E-state index in [9.17, 15) is 14.4 Å². The number of benzene rings is 2. The number of carbonyl (C=O) groups excluding carboxylic acids is 3. The Hall–Kier alpha value is -3.45. The van der Waals surface area contributed by atoms with Crippen molar-refractivity contribution in [2.75, 3.05) is 6.54 Å². The van der Waals surface area contributed by atoms with E-state index in [2.05, 4.69) is 17.6 Å². The Bertz CT molecular complexity index is 1060. The highest BCUT2D eigenvalue weighted by atomic mass is 32.1. The molecular weight excluding hydrogens is 460 g/mol. The highest BCUT2D eigenvalue weighted by molar-refractivity contribution is 7.12. The fraction of sp³-hybridized carbons (Fsp3) is 0.321. The van der Waals surface area contributed by atoms with Gasteiger partial charge in [-0.05, 0) is 47.8 Å². The lowest BCUT2D eigenvalue weighted by atomic mass is 9.91. The Morgan fingerprint density at radius 3 is 2.31 bits per heavy atom. The third-order valence-electron chi connectivity index (χ3n) is 5.69. The maximum atomic E-state index is 13.1. The van der Waals surface area contributed by atoms with Gasteiger partial charge in [-0.25, -0.2) is 4.79 Å². The van der Waals surface area contributed by atoms with Crippen LogP contribution >= 0.6 is 11.3 Å². The Balaban J connectivity index is 1.41. The average molecular weight is 493 g/mol. The summed E-state index contributed by atoms with van der Waals surface area (Å²) in [5.41, 5.74) is 2.06. The first-order valence-electron chi connectivity index (χ1n) is 11.9. The standard InChI is InChI=1S/C28H32N2O4S/c1-21(23-13-6-3-7-14-23)19-24(27(32)25-15-10-18-35-25)30-26(31)16-8-9-17-29-28(33)34-20-22-11-4-2-5-12-22/h2-7,10-15,18,21,24H,8-9,16-17,19-20H2,1H3,(H,29,33)(H,30,31)/t21?,24-/m0/s1. The minimum Gasteiger partial charge on any atom is -0.445 e. The van der Waals surface area contributed by atoms with Crippen LogP contribution in [0, 0.1) is 0 Å². The first-order chi connectivity index (χ1) is 17.0. The van der Waals surface area contributed by atoms with E-state index in [-0.39, 0.29) is 30.6 Å². The van der Waals surface area contributed by atoms with Crippen molar-refractivity contribution in [1.82, 2.24) is 10.6 Å². The number of amides is 2. The number of alkyl carbamates (subject to hydrolysis) is 1. The van der Waals surface area contributed by atoms with Gasteiger partial charge in [-0.2, -0.15) is 0 Å². The van der Waals surface area contributed by atoms with E-state index in [1.165, 1.54) is 11.3 Å². The van der Waals surface area contributed by atoms with Crippen LogP contribution < -0.4 is 10.6 Å². The zero-order chi connectivity index (χ0) is 24.9. The summed E-state index contributed by atoms with van der Waals surface area (Å²) in [6.45, 7) is 2.71. The van der Waals surface area contributed by atoms with Crippen LogP contribution in [-0.4, -0.2) is 30.4 Å². The van der Waals surface area contributed by atoms with Gasteiger partial charge in [-0.3, -0.25) is 9.59 Å². The van der Waals surface area contributed by atoms with Crippen LogP contribution in [0.4, 0.5) is 4.79 Å². The number of Topliss-reactive ketones (excluding diaryl/α,β-unsaturated/α-hetero) is 1. The van der Waals surface area contributed by atoms with Crippen molar-refractivity contribution in [3.05, 3.63) is 94.2 Å². The van der Waals surface area contributed by atoms with Gasteiger partial charge in [0.2, 0.25) is 5.91 Å². The Kier molecular flexibility index (Phi) is 10.5. The van der Waals surface area contributed by atoms with Crippen LogP contribution in [0.5, 0.6) is 0 Å². The topological polar surface area (TPSA) is 84.5 Å². The van der Waals surface area contributed by atoms with E-state index in [1.807, 2.05) is 72.1 Å². The third-order valence-corrected chi connectivity index (χ3v) is 6.57. The molecule has 3 aromatic rings. The van der Waals surface area contributed by atoms with Crippen LogP contribution in [0.15, 0.2) is 78.2 Å². The quantitative estimate of drug-likeness (QED) is 0.237. The second-order valence-electron chi connectivity index (χ2n) is 8.45. The summed E-state index contributed by atoms with van der Waals surface area (Å²) in [5, 5.41) is 7.52. The lowest BCUT2D eigenvalue weighted by Crippen LogP contribution is -2.41. The van der Waals surface area contributed by atoms with Crippen LogP contribution in [0.1, 0.15) is 59.3 Å². The molecule has 2 aromatic carbocycles. The molecule has 6 nitrogen and oxygen atoms in total. The molecule has 1 heterocycles. The molecule has 0 saturated carbocycles. The van der Waals surface area contributed by atoms with Gasteiger partial charge in [0.25, 0.3) is 0 Å². The van der Waals surface area contributed by atoms with E-state index in [0.29, 0.717) is 30.7 Å². The van der Waals surface area contributed by atoms with E-state index in [1.54, 1.807) is 6.07 Å². The third kappa shape index (κ3) is 9.02. The molecule has 0 aliphatic heterocycles. The van der Waals surface area contributed by atoms with E-state index < -0.39 is 12.1 Å². The van der Waals surface area contributed by atoms with Gasteiger partial charge in [0.1, 0.15) is 6.61 Å². The smallest absolute Gasteiger partial charge is 0.407 e. The SMILES string of the molecule is CC(C[C@H](NC(=O)CCCCNC(=O)OCc1ccccc1)C(=O)c1cccs1)c1ccccc1. The zero-order valence-corrected chi connectivity index (χ0v) is 20.8. The highest BCUT2D eigenvalue weighted by Gasteiger charge is 2.25. The first kappa shape index (κ1) is 26.2. The van der Waals surface area contributed by atoms with Crippen LogP contribution in [-0.2, 0) is 16.1 Å². The van der Waals surface area contributed by atoms with Crippen molar-refractivity contribution in [2.45, 2.75) is 51.2 Å². The summed E-state index contributed by atoms with van der Waals surface area (Å²) in [6, 6.07) is 22.5. The number of hydrogen-bond acceptors (Lipinski definition) is 5. The number of rotatable bonds is 13. The number of ether oxygens (including phenoxy) is 1. The number of thiophene rings is 1.